The fourth-order valence-corrected chi connectivity index (χ4v) is 2.30. The Bertz CT molecular complexity index is 412. The van der Waals surface area contributed by atoms with Crippen molar-refractivity contribution in [1.82, 2.24) is 5.32 Å². The Morgan fingerprint density at radius 1 is 1.56 bits per heavy atom. The first kappa shape index (κ1) is 15.3. The van der Waals surface area contributed by atoms with Crippen LogP contribution >= 0.6 is 27.5 Å². The highest BCUT2D eigenvalue weighted by atomic mass is 79.9. The maximum atomic E-state index is 11.9. The summed E-state index contributed by atoms with van der Waals surface area (Å²) in [5.74, 6) is 0.694. The Morgan fingerprint density at radius 3 is 2.89 bits per heavy atom. The first-order chi connectivity index (χ1) is 8.58. The maximum absolute atomic E-state index is 11.9. The lowest BCUT2D eigenvalue weighted by Gasteiger charge is -2.14. The molecule has 1 aromatic rings. The number of rotatable bonds is 6. The maximum Gasteiger partial charge on any atom is 0.255 e. The number of benzene rings is 1. The molecule has 0 spiro atoms. The number of alkyl halides is 1. The van der Waals surface area contributed by atoms with E-state index >= 15 is 0 Å². The molecule has 0 aliphatic rings. The Morgan fingerprint density at radius 2 is 2.28 bits per heavy atom. The molecule has 0 bridgehead atoms. The van der Waals surface area contributed by atoms with Gasteiger partial charge in [-0.1, -0.05) is 29.3 Å². The molecule has 1 aromatic carbocycles. The van der Waals surface area contributed by atoms with Gasteiger partial charge in [-0.05, 0) is 30.5 Å². The molecule has 0 radical (unpaired) electrons. The predicted molar refractivity (Wildman–Crippen MR) is 77.3 cm³/mol. The summed E-state index contributed by atoms with van der Waals surface area (Å²) in [6, 6.07) is 4.79. The number of phenolic OH excluding ortho intramolecular Hbond substituents is 1. The first-order valence-corrected chi connectivity index (χ1v) is 7.23. The molecule has 0 aliphatic carbocycles. The molecule has 5 heteroatoms. The van der Waals surface area contributed by atoms with Crippen LogP contribution in [0.1, 0.15) is 30.1 Å². The van der Waals surface area contributed by atoms with E-state index in [0.717, 1.165) is 17.3 Å². The molecular formula is C13H17BrClNO2. The van der Waals surface area contributed by atoms with Crippen molar-refractivity contribution in [3.63, 3.8) is 0 Å². The number of hydrogen-bond donors (Lipinski definition) is 2. The van der Waals surface area contributed by atoms with Crippen LogP contribution in [0.5, 0.6) is 5.75 Å². The van der Waals surface area contributed by atoms with Crippen molar-refractivity contribution in [2.75, 3.05) is 12.4 Å². The molecule has 0 aliphatic heterocycles. The van der Waals surface area contributed by atoms with Gasteiger partial charge in [0.25, 0.3) is 5.91 Å². The summed E-state index contributed by atoms with van der Waals surface area (Å²) in [5, 5.41) is 12.5. The zero-order valence-electron chi connectivity index (χ0n) is 10.2. The van der Waals surface area contributed by atoms with Crippen molar-refractivity contribution >= 4 is 33.4 Å². The quantitative estimate of drug-likeness (QED) is 0.782. The van der Waals surface area contributed by atoms with Crippen LogP contribution < -0.4 is 5.32 Å². The highest BCUT2D eigenvalue weighted by Crippen LogP contribution is 2.21. The van der Waals surface area contributed by atoms with E-state index in [-0.39, 0.29) is 17.2 Å². The van der Waals surface area contributed by atoms with Gasteiger partial charge in [0.1, 0.15) is 5.75 Å². The van der Waals surface area contributed by atoms with E-state index in [1.165, 1.54) is 6.07 Å². The Hall–Kier alpha value is -0.740. The van der Waals surface area contributed by atoms with E-state index in [2.05, 4.69) is 28.2 Å². The second kappa shape index (κ2) is 7.64. The first-order valence-electron chi connectivity index (χ1n) is 5.91. The van der Waals surface area contributed by atoms with Crippen molar-refractivity contribution in [1.29, 1.82) is 0 Å². The number of aromatic hydroxyl groups is 1. The fraction of sp³-hybridized carbons (Fsp3) is 0.462. The van der Waals surface area contributed by atoms with Gasteiger partial charge in [-0.3, -0.25) is 4.79 Å². The molecule has 2 N–H and O–H groups in total. The van der Waals surface area contributed by atoms with Gasteiger partial charge in [0.15, 0.2) is 0 Å². The van der Waals surface area contributed by atoms with Crippen LogP contribution in [0.25, 0.3) is 0 Å². The Labute approximate surface area is 121 Å². The summed E-state index contributed by atoms with van der Waals surface area (Å²) in [6.45, 7) is 2.65. The van der Waals surface area contributed by atoms with Gasteiger partial charge in [0, 0.05) is 16.9 Å². The molecule has 18 heavy (non-hydrogen) atoms. The highest BCUT2D eigenvalue weighted by molar-refractivity contribution is 9.10. The normalized spacial score (nSPS) is 12.2. The highest BCUT2D eigenvalue weighted by Gasteiger charge is 2.13. The van der Waals surface area contributed by atoms with Gasteiger partial charge in [0.05, 0.1) is 5.56 Å². The zero-order valence-corrected chi connectivity index (χ0v) is 12.6. The Balaban J connectivity index is 2.62. The third-order valence-corrected chi connectivity index (χ3v) is 3.56. The molecule has 1 rings (SSSR count). The molecule has 3 nitrogen and oxygen atoms in total. The summed E-state index contributed by atoms with van der Waals surface area (Å²) in [4.78, 5) is 11.9. The average molecular weight is 335 g/mol. The smallest absolute Gasteiger partial charge is 0.255 e. The van der Waals surface area contributed by atoms with Crippen LogP contribution in [-0.4, -0.2) is 23.4 Å². The van der Waals surface area contributed by atoms with Gasteiger partial charge in [-0.25, -0.2) is 0 Å². The van der Waals surface area contributed by atoms with E-state index < -0.39 is 0 Å². The fourth-order valence-electron chi connectivity index (χ4n) is 1.63. The SMILES string of the molecule is CCC(CCCl)CNC(=O)c1cc(Br)ccc1O. The lowest BCUT2D eigenvalue weighted by molar-refractivity contribution is 0.0943. The van der Waals surface area contributed by atoms with Crippen molar-refractivity contribution < 1.29 is 9.90 Å². The number of hydrogen-bond acceptors (Lipinski definition) is 2. The largest absolute Gasteiger partial charge is 0.507 e. The van der Waals surface area contributed by atoms with Crippen molar-refractivity contribution in [3.05, 3.63) is 28.2 Å². The van der Waals surface area contributed by atoms with Gasteiger partial charge >= 0.3 is 0 Å². The standard InChI is InChI=1S/C13H17BrClNO2/c1-2-9(5-6-15)8-16-13(18)11-7-10(14)3-4-12(11)17/h3-4,7,9,17H,2,5-6,8H2,1H3,(H,16,18). The average Bonchev–Trinajstić information content (AvgIpc) is 2.37. The zero-order chi connectivity index (χ0) is 13.5. The van der Waals surface area contributed by atoms with Crippen molar-refractivity contribution in [2.45, 2.75) is 19.8 Å². The lowest BCUT2D eigenvalue weighted by atomic mass is 10.0. The molecule has 0 saturated heterocycles. The minimum atomic E-state index is -0.262. The van der Waals surface area contributed by atoms with Gasteiger partial charge in [-0.15, -0.1) is 11.6 Å². The molecule has 0 fully saturated rings. The second-order valence-electron chi connectivity index (χ2n) is 4.12. The predicted octanol–water partition coefficient (Wildman–Crippen LogP) is 3.54. The summed E-state index contributed by atoms with van der Waals surface area (Å²) in [7, 11) is 0. The van der Waals surface area contributed by atoms with E-state index in [0.29, 0.717) is 18.3 Å². The number of nitrogens with one attached hydrogen (secondary N) is 1. The summed E-state index contributed by atoms with van der Waals surface area (Å²) < 4.78 is 0.762. The second-order valence-corrected chi connectivity index (χ2v) is 5.42. The molecule has 1 atom stereocenters. The minimum Gasteiger partial charge on any atom is -0.507 e. The van der Waals surface area contributed by atoms with Crippen molar-refractivity contribution in [2.24, 2.45) is 5.92 Å². The van der Waals surface area contributed by atoms with Crippen LogP contribution in [0.4, 0.5) is 0 Å². The topological polar surface area (TPSA) is 49.3 Å². The van der Waals surface area contributed by atoms with E-state index in [1.54, 1.807) is 12.1 Å². The van der Waals surface area contributed by atoms with Crippen LogP contribution in [0, 0.1) is 5.92 Å². The summed E-state index contributed by atoms with van der Waals surface area (Å²) in [5.41, 5.74) is 0.283. The third kappa shape index (κ3) is 4.50. The molecular weight excluding hydrogens is 318 g/mol. The van der Waals surface area contributed by atoms with Gasteiger partial charge < -0.3 is 10.4 Å². The number of amides is 1. The van der Waals surface area contributed by atoms with Crippen molar-refractivity contribution in [3.8, 4) is 5.75 Å². The minimum absolute atomic E-state index is 0.0129. The molecule has 100 valence electrons. The monoisotopic (exact) mass is 333 g/mol. The molecule has 0 saturated carbocycles. The summed E-state index contributed by atoms with van der Waals surface area (Å²) >= 11 is 8.97. The number of phenols is 1. The molecule has 1 amide bonds. The number of carbonyl (C=O) groups is 1. The number of halogens is 2. The molecule has 0 aromatic heterocycles. The van der Waals surface area contributed by atoms with Crippen LogP contribution in [0.3, 0.4) is 0 Å². The van der Waals surface area contributed by atoms with Gasteiger partial charge in [-0.2, -0.15) is 0 Å². The van der Waals surface area contributed by atoms with E-state index in [9.17, 15) is 9.90 Å². The number of carbonyl (C=O) groups excluding carboxylic acids is 1. The lowest BCUT2D eigenvalue weighted by Crippen LogP contribution is -2.29. The van der Waals surface area contributed by atoms with Crippen LogP contribution in [0.15, 0.2) is 22.7 Å². The van der Waals surface area contributed by atoms with E-state index in [1.807, 2.05) is 0 Å². The van der Waals surface area contributed by atoms with Gasteiger partial charge in [0.2, 0.25) is 0 Å². The third-order valence-electron chi connectivity index (χ3n) is 2.85. The van der Waals surface area contributed by atoms with E-state index in [4.69, 9.17) is 11.6 Å². The van der Waals surface area contributed by atoms with Crippen LogP contribution in [0.2, 0.25) is 0 Å². The van der Waals surface area contributed by atoms with Crippen LogP contribution in [-0.2, 0) is 0 Å². The molecule has 0 heterocycles. The Kier molecular flexibility index (Phi) is 6.50. The summed E-state index contributed by atoms with van der Waals surface area (Å²) in [6.07, 6.45) is 1.85. The molecule has 1 unspecified atom stereocenters.